The van der Waals surface area contributed by atoms with Crippen LogP contribution in [0.25, 0.3) is 0 Å². The Kier molecular flexibility index (Phi) is 3.04. The van der Waals surface area contributed by atoms with Crippen molar-refractivity contribution in [2.24, 2.45) is 10.9 Å². The highest BCUT2D eigenvalue weighted by atomic mass is 16.7. The van der Waals surface area contributed by atoms with E-state index >= 15 is 0 Å². The third-order valence-electron chi connectivity index (χ3n) is 1.98. The van der Waals surface area contributed by atoms with Gasteiger partial charge in [-0.2, -0.15) is 0 Å². The summed E-state index contributed by atoms with van der Waals surface area (Å²) in [6, 6.07) is 0. The van der Waals surface area contributed by atoms with Crippen molar-refractivity contribution in [3.05, 3.63) is 0 Å². The molecule has 5 heteroatoms. The van der Waals surface area contributed by atoms with Gasteiger partial charge in [0.1, 0.15) is 5.60 Å². The normalized spacial score (nSPS) is 25.8. The summed E-state index contributed by atoms with van der Waals surface area (Å²) in [6.45, 7) is 7.56. The van der Waals surface area contributed by atoms with Crippen molar-refractivity contribution in [1.29, 1.82) is 0 Å². The van der Waals surface area contributed by atoms with Gasteiger partial charge >= 0.3 is 5.97 Å². The summed E-state index contributed by atoms with van der Waals surface area (Å²) in [4.78, 5) is 16.7. The van der Waals surface area contributed by atoms with Crippen LogP contribution in [0.4, 0.5) is 0 Å². The van der Waals surface area contributed by atoms with Crippen LogP contribution in [0.5, 0.6) is 0 Å². The molecule has 1 rings (SSSR count). The molecule has 0 aromatic carbocycles. The molecule has 0 spiro atoms. The molecular weight excluding hydrogens is 196 g/mol. The Hall–Kier alpha value is -1.10. The lowest BCUT2D eigenvalue weighted by atomic mass is 10.0. The second-order valence-corrected chi connectivity index (χ2v) is 4.96. The van der Waals surface area contributed by atoms with Crippen LogP contribution in [0.3, 0.4) is 0 Å². The predicted octanol–water partition coefficient (Wildman–Crippen LogP) is 0.822. The van der Waals surface area contributed by atoms with Crippen LogP contribution >= 0.6 is 0 Å². The Morgan fingerprint density at radius 1 is 1.67 bits per heavy atom. The summed E-state index contributed by atoms with van der Waals surface area (Å²) in [7, 11) is 0. The second-order valence-electron chi connectivity index (χ2n) is 4.96. The van der Waals surface area contributed by atoms with Crippen LogP contribution in [-0.2, 0) is 14.4 Å². The van der Waals surface area contributed by atoms with E-state index in [1.165, 1.54) is 0 Å². The molecular formula is C10H18N2O3. The number of nitrogens with zero attached hydrogens (tertiary/aromatic N) is 1. The predicted molar refractivity (Wildman–Crippen MR) is 56.4 cm³/mol. The van der Waals surface area contributed by atoms with Crippen molar-refractivity contribution < 1.29 is 14.4 Å². The van der Waals surface area contributed by atoms with Gasteiger partial charge in [-0.3, -0.25) is 0 Å². The molecule has 0 radical (unpaired) electrons. The smallest absolute Gasteiger partial charge is 0.356 e. The molecule has 86 valence electrons. The van der Waals surface area contributed by atoms with Crippen molar-refractivity contribution >= 4 is 11.7 Å². The van der Waals surface area contributed by atoms with E-state index in [4.69, 9.17) is 15.3 Å². The molecule has 1 heterocycles. The molecule has 1 aliphatic heterocycles. The van der Waals surface area contributed by atoms with E-state index in [2.05, 4.69) is 5.16 Å². The Labute approximate surface area is 89.6 Å². The van der Waals surface area contributed by atoms with E-state index < -0.39 is 17.2 Å². The Bertz CT molecular complexity index is 294. The van der Waals surface area contributed by atoms with Gasteiger partial charge in [-0.05, 0) is 27.7 Å². The van der Waals surface area contributed by atoms with Crippen LogP contribution in [-0.4, -0.2) is 29.4 Å². The zero-order valence-corrected chi connectivity index (χ0v) is 9.66. The standard InChI is InChI=1S/C10H18N2O3/c1-9(2,3)14-8(13)7-5-10(4,6-11)15-12-7/h5-6,11H2,1-4H3. The Morgan fingerprint density at radius 2 is 2.27 bits per heavy atom. The quantitative estimate of drug-likeness (QED) is 0.691. The van der Waals surface area contributed by atoms with Crippen molar-refractivity contribution in [3.8, 4) is 0 Å². The van der Waals surface area contributed by atoms with E-state index in [0.29, 0.717) is 18.7 Å². The molecule has 15 heavy (non-hydrogen) atoms. The van der Waals surface area contributed by atoms with Crippen LogP contribution in [0, 0.1) is 0 Å². The monoisotopic (exact) mass is 214 g/mol. The molecule has 0 saturated heterocycles. The van der Waals surface area contributed by atoms with E-state index in [1.807, 2.05) is 27.7 Å². The summed E-state index contributed by atoms with van der Waals surface area (Å²) in [6.07, 6.45) is 0.401. The maximum Gasteiger partial charge on any atom is 0.356 e. The van der Waals surface area contributed by atoms with Crippen molar-refractivity contribution in [2.45, 2.75) is 45.3 Å². The number of oxime groups is 1. The molecule has 0 aromatic rings. The first-order chi connectivity index (χ1) is 6.76. The van der Waals surface area contributed by atoms with Gasteiger partial charge in [-0.15, -0.1) is 0 Å². The number of hydrogen-bond acceptors (Lipinski definition) is 5. The number of nitrogens with two attached hydrogens (primary N) is 1. The molecule has 2 N–H and O–H groups in total. The third kappa shape index (κ3) is 3.20. The number of hydrogen-bond donors (Lipinski definition) is 1. The number of carbonyl (C=O) groups excluding carboxylic acids is 1. The number of carbonyl (C=O) groups is 1. The van der Waals surface area contributed by atoms with E-state index in [1.54, 1.807) is 0 Å². The highest BCUT2D eigenvalue weighted by Crippen LogP contribution is 2.23. The molecule has 0 aromatic heterocycles. The lowest BCUT2D eigenvalue weighted by Crippen LogP contribution is -2.36. The minimum atomic E-state index is -0.563. The van der Waals surface area contributed by atoms with Crippen molar-refractivity contribution in [1.82, 2.24) is 0 Å². The fourth-order valence-corrected chi connectivity index (χ4v) is 1.14. The number of esters is 1. The van der Waals surface area contributed by atoms with Gasteiger partial charge in [0.2, 0.25) is 0 Å². The highest BCUT2D eigenvalue weighted by Gasteiger charge is 2.37. The maximum absolute atomic E-state index is 11.6. The lowest BCUT2D eigenvalue weighted by Gasteiger charge is -2.20. The number of rotatable bonds is 2. The zero-order chi connectivity index (χ0) is 11.7. The van der Waals surface area contributed by atoms with Gasteiger partial charge in [0.05, 0.1) is 0 Å². The van der Waals surface area contributed by atoms with Gasteiger partial charge in [0.15, 0.2) is 11.3 Å². The first kappa shape index (κ1) is 12.0. The molecule has 0 fully saturated rings. The van der Waals surface area contributed by atoms with E-state index in [9.17, 15) is 4.79 Å². The number of ether oxygens (including phenoxy) is 1. The largest absolute Gasteiger partial charge is 0.455 e. The molecule has 1 atom stereocenters. The average Bonchev–Trinajstić information content (AvgIpc) is 2.46. The molecule has 0 aliphatic carbocycles. The lowest BCUT2D eigenvalue weighted by molar-refractivity contribution is -0.146. The molecule has 1 aliphatic rings. The topological polar surface area (TPSA) is 73.9 Å². The molecule has 0 saturated carbocycles. The molecule has 0 amide bonds. The van der Waals surface area contributed by atoms with E-state index in [-0.39, 0.29) is 0 Å². The van der Waals surface area contributed by atoms with Gasteiger partial charge < -0.3 is 15.3 Å². The van der Waals surface area contributed by atoms with Crippen LogP contribution in [0.2, 0.25) is 0 Å². The summed E-state index contributed by atoms with van der Waals surface area (Å²) < 4.78 is 5.17. The van der Waals surface area contributed by atoms with Gasteiger partial charge in [0, 0.05) is 13.0 Å². The fourth-order valence-electron chi connectivity index (χ4n) is 1.14. The SMILES string of the molecule is CC(C)(C)OC(=O)C1=NOC(C)(CN)C1. The summed E-state index contributed by atoms with van der Waals surface area (Å²) in [5.74, 6) is -0.431. The van der Waals surface area contributed by atoms with Crippen molar-refractivity contribution in [3.63, 3.8) is 0 Å². The third-order valence-corrected chi connectivity index (χ3v) is 1.98. The molecule has 1 unspecified atom stereocenters. The minimum Gasteiger partial charge on any atom is -0.455 e. The van der Waals surface area contributed by atoms with Crippen LogP contribution < -0.4 is 5.73 Å². The van der Waals surface area contributed by atoms with Gasteiger partial charge in [0.25, 0.3) is 0 Å². The fraction of sp³-hybridized carbons (Fsp3) is 0.800. The summed E-state index contributed by atoms with van der Waals surface area (Å²) in [5, 5.41) is 3.71. The minimum absolute atomic E-state index is 0.304. The average molecular weight is 214 g/mol. The highest BCUT2D eigenvalue weighted by molar-refractivity contribution is 6.37. The summed E-state index contributed by atoms with van der Waals surface area (Å²) in [5.41, 5.74) is 4.73. The first-order valence-corrected chi connectivity index (χ1v) is 4.94. The zero-order valence-electron chi connectivity index (χ0n) is 9.66. The second kappa shape index (κ2) is 3.81. The molecule has 0 bridgehead atoms. The maximum atomic E-state index is 11.6. The summed E-state index contributed by atoms with van der Waals surface area (Å²) >= 11 is 0. The van der Waals surface area contributed by atoms with Gasteiger partial charge in [-0.1, -0.05) is 5.16 Å². The van der Waals surface area contributed by atoms with Crippen LogP contribution in [0.1, 0.15) is 34.1 Å². The Morgan fingerprint density at radius 3 is 2.67 bits per heavy atom. The van der Waals surface area contributed by atoms with Crippen molar-refractivity contribution in [2.75, 3.05) is 6.54 Å². The molecule has 5 nitrogen and oxygen atoms in total. The van der Waals surface area contributed by atoms with E-state index in [0.717, 1.165) is 0 Å². The first-order valence-electron chi connectivity index (χ1n) is 4.94. The Balaban J connectivity index is 2.58. The van der Waals surface area contributed by atoms with Crippen LogP contribution in [0.15, 0.2) is 5.16 Å². The van der Waals surface area contributed by atoms with Gasteiger partial charge in [-0.25, -0.2) is 4.79 Å².